The predicted octanol–water partition coefficient (Wildman–Crippen LogP) is 3.84. The first-order valence-electron chi connectivity index (χ1n) is 6.87. The van der Waals surface area contributed by atoms with Gasteiger partial charge in [0.05, 0.1) is 20.3 Å². The van der Waals surface area contributed by atoms with Crippen LogP contribution < -0.4 is 14.8 Å². The predicted molar refractivity (Wildman–Crippen MR) is 83.4 cm³/mol. The molecule has 2 rings (SSSR count). The average Bonchev–Trinajstić information content (AvgIpc) is 2.93. The average molecular weight is 310 g/mol. The molecule has 0 aliphatic heterocycles. The van der Waals surface area contributed by atoms with Crippen molar-refractivity contribution in [1.29, 1.82) is 0 Å². The van der Waals surface area contributed by atoms with E-state index >= 15 is 0 Å². The third-order valence-electron chi connectivity index (χ3n) is 3.28. The SMILES string of the molecule is CCNC(Cc1ccc(OC)c(OC)c1)c1ccc(Cl)o1. The van der Waals surface area contributed by atoms with Crippen molar-refractivity contribution in [2.75, 3.05) is 20.8 Å². The molecule has 0 aliphatic carbocycles. The number of furan rings is 1. The number of halogens is 1. The van der Waals surface area contributed by atoms with Gasteiger partial charge in [0.2, 0.25) is 0 Å². The number of nitrogens with one attached hydrogen (secondary N) is 1. The second kappa shape index (κ2) is 7.38. The molecule has 2 aromatic rings. The van der Waals surface area contributed by atoms with Gasteiger partial charge in [-0.05, 0) is 54.4 Å². The van der Waals surface area contributed by atoms with Crippen molar-refractivity contribution in [3.63, 3.8) is 0 Å². The number of hydrogen-bond acceptors (Lipinski definition) is 4. The van der Waals surface area contributed by atoms with Crippen molar-refractivity contribution < 1.29 is 13.9 Å². The van der Waals surface area contributed by atoms with Gasteiger partial charge in [-0.15, -0.1) is 0 Å². The van der Waals surface area contributed by atoms with E-state index in [-0.39, 0.29) is 6.04 Å². The summed E-state index contributed by atoms with van der Waals surface area (Å²) in [6, 6.07) is 9.64. The Morgan fingerprint density at radius 3 is 2.48 bits per heavy atom. The molecule has 0 spiro atoms. The maximum Gasteiger partial charge on any atom is 0.193 e. The minimum atomic E-state index is 0.0700. The first-order chi connectivity index (χ1) is 10.2. The van der Waals surface area contributed by atoms with Crippen molar-refractivity contribution in [1.82, 2.24) is 5.32 Å². The van der Waals surface area contributed by atoms with Crippen LogP contribution in [0, 0.1) is 0 Å². The maximum absolute atomic E-state index is 5.86. The van der Waals surface area contributed by atoms with Crippen LogP contribution in [0.15, 0.2) is 34.7 Å². The molecule has 1 N–H and O–H groups in total. The first kappa shape index (κ1) is 15.7. The Bertz CT molecular complexity index is 583. The fraction of sp³-hybridized carbons (Fsp3) is 0.375. The van der Waals surface area contributed by atoms with E-state index in [1.165, 1.54) is 0 Å². The monoisotopic (exact) mass is 309 g/mol. The summed E-state index contributed by atoms with van der Waals surface area (Å²) in [4.78, 5) is 0. The van der Waals surface area contributed by atoms with Crippen LogP contribution in [-0.2, 0) is 6.42 Å². The quantitative estimate of drug-likeness (QED) is 0.844. The molecular weight excluding hydrogens is 290 g/mol. The minimum absolute atomic E-state index is 0.0700. The zero-order chi connectivity index (χ0) is 15.2. The highest BCUT2D eigenvalue weighted by atomic mass is 35.5. The van der Waals surface area contributed by atoms with E-state index in [4.69, 9.17) is 25.5 Å². The summed E-state index contributed by atoms with van der Waals surface area (Å²) < 4.78 is 16.1. The van der Waals surface area contributed by atoms with E-state index < -0.39 is 0 Å². The van der Waals surface area contributed by atoms with Gasteiger partial charge in [0, 0.05) is 0 Å². The van der Waals surface area contributed by atoms with Crippen LogP contribution in [0.5, 0.6) is 11.5 Å². The molecule has 1 aromatic heterocycles. The van der Waals surface area contributed by atoms with Crippen molar-refractivity contribution in [2.24, 2.45) is 0 Å². The number of ether oxygens (including phenoxy) is 2. The van der Waals surface area contributed by atoms with E-state index in [1.54, 1.807) is 20.3 Å². The Kier molecular flexibility index (Phi) is 5.53. The summed E-state index contributed by atoms with van der Waals surface area (Å²) >= 11 is 5.86. The second-order valence-electron chi connectivity index (χ2n) is 4.65. The van der Waals surface area contributed by atoms with E-state index in [9.17, 15) is 0 Å². The van der Waals surface area contributed by atoms with Crippen molar-refractivity contribution >= 4 is 11.6 Å². The molecule has 1 heterocycles. The number of rotatable bonds is 7. The highest BCUT2D eigenvalue weighted by Gasteiger charge is 2.16. The molecule has 0 fully saturated rings. The summed E-state index contributed by atoms with van der Waals surface area (Å²) in [5.41, 5.74) is 1.13. The third-order valence-corrected chi connectivity index (χ3v) is 3.48. The van der Waals surface area contributed by atoms with Gasteiger partial charge in [-0.25, -0.2) is 0 Å². The van der Waals surface area contributed by atoms with Crippen LogP contribution in [0.1, 0.15) is 24.3 Å². The molecule has 0 saturated carbocycles. The summed E-state index contributed by atoms with van der Waals surface area (Å²) in [6.07, 6.45) is 0.776. The summed E-state index contributed by atoms with van der Waals surface area (Å²) in [7, 11) is 3.26. The van der Waals surface area contributed by atoms with Gasteiger partial charge in [-0.2, -0.15) is 0 Å². The highest BCUT2D eigenvalue weighted by Crippen LogP contribution is 2.30. The normalized spacial score (nSPS) is 12.2. The van der Waals surface area contributed by atoms with Crippen LogP contribution in [-0.4, -0.2) is 20.8 Å². The van der Waals surface area contributed by atoms with E-state index in [0.717, 1.165) is 35.8 Å². The van der Waals surface area contributed by atoms with Gasteiger partial charge in [0.1, 0.15) is 5.76 Å². The zero-order valence-electron chi connectivity index (χ0n) is 12.5. The molecular formula is C16H20ClNO3. The van der Waals surface area contributed by atoms with E-state index in [0.29, 0.717) is 5.22 Å². The topological polar surface area (TPSA) is 43.6 Å². The number of benzene rings is 1. The van der Waals surface area contributed by atoms with Crippen LogP contribution >= 0.6 is 11.6 Å². The third kappa shape index (κ3) is 3.93. The van der Waals surface area contributed by atoms with Gasteiger partial charge in [-0.3, -0.25) is 0 Å². The van der Waals surface area contributed by atoms with Gasteiger partial charge < -0.3 is 19.2 Å². The van der Waals surface area contributed by atoms with Gasteiger partial charge >= 0.3 is 0 Å². The molecule has 0 radical (unpaired) electrons. The Morgan fingerprint density at radius 2 is 1.90 bits per heavy atom. The Morgan fingerprint density at radius 1 is 1.14 bits per heavy atom. The molecule has 1 aromatic carbocycles. The Balaban J connectivity index is 2.20. The zero-order valence-corrected chi connectivity index (χ0v) is 13.2. The van der Waals surface area contributed by atoms with Crippen LogP contribution in [0.25, 0.3) is 0 Å². The molecule has 0 amide bonds. The number of hydrogen-bond donors (Lipinski definition) is 1. The molecule has 0 saturated heterocycles. The smallest absolute Gasteiger partial charge is 0.193 e. The maximum atomic E-state index is 5.86. The molecule has 4 nitrogen and oxygen atoms in total. The number of methoxy groups -OCH3 is 2. The molecule has 1 unspecified atom stereocenters. The lowest BCUT2D eigenvalue weighted by Gasteiger charge is -2.16. The fourth-order valence-corrected chi connectivity index (χ4v) is 2.43. The largest absolute Gasteiger partial charge is 0.493 e. The Hall–Kier alpha value is -1.65. The number of likely N-dealkylation sites (N-methyl/N-ethyl adjacent to an activating group) is 1. The van der Waals surface area contributed by atoms with Gasteiger partial charge in [0.15, 0.2) is 16.7 Å². The molecule has 21 heavy (non-hydrogen) atoms. The van der Waals surface area contributed by atoms with Gasteiger partial charge in [-0.1, -0.05) is 13.0 Å². The lowest BCUT2D eigenvalue weighted by molar-refractivity contribution is 0.354. The molecule has 5 heteroatoms. The van der Waals surface area contributed by atoms with Crippen molar-refractivity contribution in [3.05, 3.63) is 46.9 Å². The minimum Gasteiger partial charge on any atom is -0.493 e. The standard InChI is InChI=1S/C16H20ClNO3/c1-4-18-12(13-7-8-16(17)21-13)9-11-5-6-14(19-2)15(10-11)20-3/h5-8,10,12,18H,4,9H2,1-3H3. The van der Waals surface area contributed by atoms with Crippen molar-refractivity contribution in [3.8, 4) is 11.5 Å². The molecule has 0 bridgehead atoms. The lowest BCUT2D eigenvalue weighted by Crippen LogP contribution is -2.22. The molecule has 0 aliphatic rings. The van der Waals surface area contributed by atoms with E-state index in [2.05, 4.69) is 12.2 Å². The van der Waals surface area contributed by atoms with Gasteiger partial charge in [0.25, 0.3) is 0 Å². The van der Waals surface area contributed by atoms with Crippen LogP contribution in [0.2, 0.25) is 5.22 Å². The summed E-state index contributed by atoms with van der Waals surface area (Å²) in [5, 5.41) is 3.81. The van der Waals surface area contributed by atoms with Crippen molar-refractivity contribution in [2.45, 2.75) is 19.4 Å². The first-order valence-corrected chi connectivity index (χ1v) is 7.25. The fourth-order valence-electron chi connectivity index (χ4n) is 2.28. The Labute approximate surface area is 130 Å². The second-order valence-corrected chi connectivity index (χ2v) is 5.02. The van der Waals surface area contributed by atoms with Crippen LogP contribution in [0.4, 0.5) is 0 Å². The highest BCUT2D eigenvalue weighted by molar-refractivity contribution is 6.28. The molecule has 114 valence electrons. The van der Waals surface area contributed by atoms with E-state index in [1.807, 2.05) is 24.3 Å². The summed E-state index contributed by atoms with van der Waals surface area (Å²) in [5.74, 6) is 2.28. The van der Waals surface area contributed by atoms with Crippen LogP contribution in [0.3, 0.4) is 0 Å². The summed E-state index contributed by atoms with van der Waals surface area (Å²) in [6.45, 7) is 2.91. The lowest BCUT2D eigenvalue weighted by atomic mass is 10.0. The molecule has 1 atom stereocenters.